The fourth-order valence-corrected chi connectivity index (χ4v) is 3.06. The highest BCUT2D eigenvalue weighted by Crippen LogP contribution is 2.01. The van der Waals surface area contributed by atoms with Gasteiger partial charge < -0.3 is 10.5 Å². The zero-order chi connectivity index (χ0) is 10.5. The number of methoxy groups -OCH3 is 1. The van der Waals surface area contributed by atoms with E-state index in [1.165, 1.54) is 7.11 Å². The number of hydrogen-bond acceptors (Lipinski definition) is 4. The average Bonchev–Trinajstić information content (AvgIpc) is 1.81. The molecule has 0 saturated heterocycles. The topological polar surface area (TPSA) is 69.4 Å². The lowest BCUT2D eigenvalue weighted by atomic mass is 10.3. The van der Waals surface area contributed by atoms with Gasteiger partial charge in [0.25, 0.3) is 0 Å². The molecule has 0 aromatic rings. The molecule has 4 nitrogen and oxygen atoms in total. The van der Waals surface area contributed by atoms with E-state index in [1.54, 1.807) is 0 Å². The van der Waals surface area contributed by atoms with Gasteiger partial charge in [0.1, 0.15) is 0 Å². The predicted octanol–water partition coefficient (Wildman–Crippen LogP) is 0.0309. The molecule has 0 aliphatic rings. The normalized spacial score (nSPS) is 14.8. The second-order valence-corrected chi connectivity index (χ2v) is 5.84. The Morgan fingerprint density at radius 3 is 2.23 bits per heavy atom. The largest absolute Gasteiger partial charge is 0.383 e. The molecule has 0 fully saturated rings. The molecule has 1 atom stereocenters. The third-order valence-corrected chi connectivity index (χ3v) is 3.55. The third-order valence-electron chi connectivity index (χ3n) is 1.44. The van der Waals surface area contributed by atoms with E-state index in [0.29, 0.717) is 0 Å². The lowest BCUT2D eigenvalue weighted by Crippen LogP contribution is -2.35. The van der Waals surface area contributed by atoms with Gasteiger partial charge in [-0.25, -0.2) is 8.42 Å². The van der Waals surface area contributed by atoms with Crippen LogP contribution in [0.1, 0.15) is 13.8 Å². The van der Waals surface area contributed by atoms with Crippen molar-refractivity contribution < 1.29 is 13.2 Å². The Morgan fingerprint density at radius 1 is 1.31 bits per heavy atom. The summed E-state index contributed by atoms with van der Waals surface area (Å²) in [6.07, 6.45) is 0. The summed E-state index contributed by atoms with van der Waals surface area (Å²) in [6, 6.07) is -0.409. The molecule has 0 radical (unpaired) electrons. The molecule has 0 aliphatic heterocycles. The maximum atomic E-state index is 11.4. The Labute approximate surface area is 80.4 Å². The van der Waals surface area contributed by atoms with E-state index in [-0.39, 0.29) is 24.0 Å². The summed E-state index contributed by atoms with van der Waals surface area (Å²) in [7, 11) is -1.50. The van der Waals surface area contributed by atoms with Crippen molar-refractivity contribution in [2.45, 2.75) is 19.9 Å². The van der Waals surface area contributed by atoms with E-state index in [2.05, 4.69) is 0 Å². The summed E-state index contributed by atoms with van der Waals surface area (Å²) in [5.41, 5.74) is 5.54. The number of sulfone groups is 1. The van der Waals surface area contributed by atoms with Crippen molar-refractivity contribution >= 4 is 9.84 Å². The molecule has 0 spiro atoms. The SMILES string of the molecule is COCC(N)CS(=O)(=O)CC(C)C. The van der Waals surface area contributed by atoms with Gasteiger partial charge in [0, 0.05) is 13.2 Å². The third kappa shape index (κ3) is 6.98. The fraction of sp³-hybridized carbons (Fsp3) is 1.00. The molecule has 80 valence electrons. The minimum absolute atomic E-state index is 0.0129. The molecule has 0 saturated carbocycles. The van der Waals surface area contributed by atoms with E-state index in [9.17, 15) is 8.42 Å². The molecule has 1 unspecified atom stereocenters. The molecule has 0 aromatic heterocycles. The number of nitrogens with two attached hydrogens (primary N) is 1. The molecule has 2 N–H and O–H groups in total. The molecule has 13 heavy (non-hydrogen) atoms. The number of ether oxygens (including phenoxy) is 1. The quantitative estimate of drug-likeness (QED) is 0.670. The number of hydrogen-bond donors (Lipinski definition) is 1. The second-order valence-electron chi connectivity index (χ2n) is 3.69. The summed E-state index contributed by atoms with van der Waals surface area (Å²) in [6.45, 7) is 4.04. The Kier molecular flexibility index (Phi) is 5.51. The average molecular weight is 209 g/mol. The zero-order valence-electron chi connectivity index (χ0n) is 8.49. The van der Waals surface area contributed by atoms with Gasteiger partial charge in [-0.05, 0) is 5.92 Å². The van der Waals surface area contributed by atoms with Crippen LogP contribution in [-0.4, -0.2) is 39.7 Å². The molecule has 0 aromatic carbocycles. The van der Waals surface area contributed by atoms with E-state index in [1.807, 2.05) is 13.8 Å². The first-order chi connectivity index (χ1) is 5.87. The Morgan fingerprint density at radius 2 is 1.85 bits per heavy atom. The van der Waals surface area contributed by atoms with Crippen LogP contribution in [0.15, 0.2) is 0 Å². The lowest BCUT2D eigenvalue weighted by molar-refractivity contribution is 0.186. The lowest BCUT2D eigenvalue weighted by Gasteiger charge is -2.12. The van der Waals surface area contributed by atoms with Gasteiger partial charge in [0.05, 0.1) is 18.1 Å². The van der Waals surface area contributed by atoms with Crippen LogP contribution < -0.4 is 5.73 Å². The zero-order valence-corrected chi connectivity index (χ0v) is 9.30. The van der Waals surface area contributed by atoms with E-state index >= 15 is 0 Å². The summed E-state index contributed by atoms with van der Waals surface area (Å²) < 4.78 is 27.5. The first kappa shape index (κ1) is 12.9. The molecule has 5 heteroatoms. The van der Waals surface area contributed by atoms with E-state index in [4.69, 9.17) is 10.5 Å². The van der Waals surface area contributed by atoms with Crippen LogP contribution >= 0.6 is 0 Å². The highest BCUT2D eigenvalue weighted by molar-refractivity contribution is 7.91. The maximum Gasteiger partial charge on any atom is 0.152 e. The Bertz CT molecular complexity index is 224. The summed E-state index contributed by atoms with van der Waals surface area (Å²) >= 11 is 0. The van der Waals surface area contributed by atoms with Gasteiger partial charge >= 0.3 is 0 Å². The van der Waals surface area contributed by atoms with Crippen molar-refractivity contribution in [3.05, 3.63) is 0 Å². The highest BCUT2D eigenvalue weighted by Gasteiger charge is 2.17. The van der Waals surface area contributed by atoms with Crippen molar-refractivity contribution in [2.75, 3.05) is 25.2 Å². The van der Waals surface area contributed by atoms with Gasteiger partial charge in [-0.1, -0.05) is 13.8 Å². The fourth-order valence-electron chi connectivity index (χ4n) is 1.16. The molecular formula is C8H19NO3S. The Balaban J connectivity index is 4.02. The molecule has 0 bridgehead atoms. The van der Waals surface area contributed by atoms with Crippen LogP contribution in [0.5, 0.6) is 0 Å². The van der Waals surface area contributed by atoms with Crippen molar-refractivity contribution in [1.82, 2.24) is 0 Å². The monoisotopic (exact) mass is 209 g/mol. The maximum absolute atomic E-state index is 11.4. The van der Waals surface area contributed by atoms with E-state index in [0.717, 1.165) is 0 Å². The molecule has 0 amide bonds. The van der Waals surface area contributed by atoms with Gasteiger partial charge in [-0.15, -0.1) is 0 Å². The molecule has 0 heterocycles. The van der Waals surface area contributed by atoms with Crippen molar-refractivity contribution in [3.63, 3.8) is 0 Å². The predicted molar refractivity (Wildman–Crippen MR) is 53.3 cm³/mol. The molecule has 0 rings (SSSR count). The smallest absolute Gasteiger partial charge is 0.152 e. The van der Waals surface area contributed by atoms with Gasteiger partial charge in [0.15, 0.2) is 9.84 Å². The summed E-state index contributed by atoms with van der Waals surface area (Å²) in [5.74, 6) is 0.364. The summed E-state index contributed by atoms with van der Waals surface area (Å²) in [4.78, 5) is 0. The van der Waals surface area contributed by atoms with Crippen molar-refractivity contribution in [2.24, 2.45) is 11.7 Å². The van der Waals surface area contributed by atoms with Crippen LogP contribution in [0, 0.1) is 5.92 Å². The second kappa shape index (κ2) is 5.57. The van der Waals surface area contributed by atoms with Gasteiger partial charge in [0.2, 0.25) is 0 Å². The van der Waals surface area contributed by atoms with Crippen LogP contribution in [0.3, 0.4) is 0 Å². The molecular weight excluding hydrogens is 190 g/mol. The van der Waals surface area contributed by atoms with Crippen LogP contribution in [0.25, 0.3) is 0 Å². The Hall–Kier alpha value is -0.130. The van der Waals surface area contributed by atoms with Crippen molar-refractivity contribution in [1.29, 1.82) is 0 Å². The van der Waals surface area contributed by atoms with Crippen LogP contribution in [0.4, 0.5) is 0 Å². The first-order valence-electron chi connectivity index (χ1n) is 4.32. The minimum Gasteiger partial charge on any atom is -0.383 e. The van der Waals surface area contributed by atoms with Crippen LogP contribution in [0.2, 0.25) is 0 Å². The highest BCUT2D eigenvalue weighted by atomic mass is 32.2. The van der Waals surface area contributed by atoms with E-state index < -0.39 is 15.9 Å². The number of rotatable bonds is 6. The summed E-state index contributed by atoms with van der Waals surface area (Å²) in [5, 5.41) is 0. The van der Waals surface area contributed by atoms with Gasteiger partial charge in [-0.2, -0.15) is 0 Å². The van der Waals surface area contributed by atoms with Crippen LogP contribution in [-0.2, 0) is 14.6 Å². The van der Waals surface area contributed by atoms with Gasteiger partial charge in [-0.3, -0.25) is 0 Å². The molecule has 0 aliphatic carbocycles. The first-order valence-corrected chi connectivity index (χ1v) is 6.14. The van der Waals surface area contributed by atoms with Crippen molar-refractivity contribution in [3.8, 4) is 0 Å². The minimum atomic E-state index is -3.01. The standard InChI is InChI=1S/C8H19NO3S/c1-7(2)5-13(10,11)6-8(9)4-12-3/h7-8H,4-6,9H2,1-3H3.